The van der Waals surface area contributed by atoms with E-state index in [0.717, 1.165) is 45.2 Å². The molecule has 0 aromatic heterocycles. The van der Waals surface area contributed by atoms with E-state index < -0.39 is 0 Å². The minimum Gasteiger partial charge on any atom is -0.314 e. The Morgan fingerprint density at radius 1 is 1.00 bits per heavy atom. The number of carbonyl (C=O) groups is 2. The van der Waals surface area contributed by atoms with Gasteiger partial charge in [0.1, 0.15) is 0 Å². The van der Waals surface area contributed by atoms with E-state index >= 15 is 0 Å². The molecule has 4 rings (SSSR count). The molecule has 24 heavy (non-hydrogen) atoms. The van der Waals surface area contributed by atoms with Crippen molar-refractivity contribution in [2.75, 3.05) is 19.8 Å². The molecule has 1 saturated heterocycles. The van der Waals surface area contributed by atoms with Crippen molar-refractivity contribution in [3.05, 3.63) is 42.0 Å². The van der Waals surface area contributed by atoms with Gasteiger partial charge in [0.05, 0.1) is 24.9 Å². The largest absolute Gasteiger partial charge is 0.314 e. The van der Waals surface area contributed by atoms with Crippen LogP contribution in [0, 0.1) is 11.8 Å². The van der Waals surface area contributed by atoms with Crippen LogP contribution in [0.1, 0.15) is 37.7 Å². The van der Waals surface area contributed by atoms with Crippen LogP contribution in [-0.2, 0) is 9.59 Å². The van der Waals surface area contributed by atoms with Crippen molar-refractivity contribution in [1.82, 2.24) is 4.90 Å². The third-order valence-electron chi connectivity index (χ3n) is 5.84. The average Bonchev–Trinajstić information content (AvgIpc) is 2.88. The number of hydrogen-bond donors (Lipinski definition) is 1. The van der Waals surface area contributed by atoms with Crippen LogP contribution in [0.5, 0.6) is 0 Å². The first-order chi connectivity index (χ1) is 11.7. The monoisotopic (exact) mass is 325 g/mol. The molecule has 4 nitrogen and oxygen atoms in total. The number of rotatable bonds is 3. The van der Waals surface area contributed by atoms with E-state index in [2.05, 4.69) is 30.3 Å². The fourth-order valence-electron chi connectivity index (χ4n) is 4.45. The van der Waals surface area contributed by atoms with Gasteiger partial charge in [0.2, 0.25) is 11.8 Å². The Hall–Kier alpha value is -1.94. The van der Waals surface area contributed by atoms with Gasteiger partial charge in [-0.05, 0) is 30.1 Å². The molecule has 4 heteroatoms. The molecule has 1 aromatic rings. The second-order valence-corrected chi connectivity index (χ2v) is 7.31. The molecule has 2 fully saturated rings. The topological polar surface area (TPSA) is 41.8 Å². The summed E-state index contributed by atoms with van der Waals surface area (Å²) >= 11 is 0. The van der Waals surface area contributed by atoms with Gasteiger partial charge in [-0.25, -0.2) is 4.90 Å². The van der Waals surface area contributed by atoms with Crippen molar-refractivity contribution in [3.63, 3.8) is 0 Å². The first-order valence-electron chi connectivity index (χ1n) is 9.17. The van der Waals surface area contributed by atoms with Crippen LogP contribution in [0.25, 0.3) is 5.57 Å². The van der Waals surface area contributed by atoms with Crippen LogP contribution in [0.15, 0.2) is 36.4 Å². The van der Waals surface area contributed by atoms with Gasteiger partial charge in [-0.2, -0.15) is 0 Å². The highest BCUT2D eigenvalue weighted by atomic mass is 16.2. The number of nitrogens with one attached hydrogen (secondary N) is 1. The predicted molar refractivity (Wildman–Crippen MR) is 91.9 cm³/mol. The van der Waals surface area contributed by atoms with E-state index in [1.165, 1.54) is 16.0 Å². The van der Waals surface area contributed by atoms with Crippen LogP contribution in [0.4, 0.5) is 0 Å². The molecule has 0 radical (unpaired) electrons. The summed E-state index contributed by atoms with van der Waals surface area (Å²) in [6.07, 6.45) is 7.26. The second kappa shape index (κ2) is 6.52. The molecule has 3 atom stereocenters. The highest BCUT2D eigenvalue weighted by Crippen LogP contribution is 2.37. The van der Waals surface area contributed by atoms with Crippen LogP contribution in [0.3, 0.4) is 0 Å². The zero-order valence-corrected chi connectivity index (χ0v) is 14.0. The summed E-state index contributed by atoms with van der Waals surface area (Å²) in [5, 5.41) is 0. The van der Waals surface area contributed by atoms with Gasteiger partial charge in [0, 0.05) is 6.42 Å². The summed E-state index contributed by atoms with van der Waals surface area (Å²) in [5.74, 6) is 0.141. The fourth-order valence-corrected chi connectivity index (χ4v) is 4.45. The predicted octanol–water partition coefficient (Wildman–Crippen LogP) is 1.49. The number of carbonyl (C=O) groups excluding carboxylic acids is 2. The molecule has 2 amide bonds. The highest BCUT2D eigenvalue weighted by Gasteiger charge is 2.49. The molecule has 0 spiro atoms. The third-order valence-corrected chi connectivity index (χ3v) is 5.84. The SMILES string of the molecule is O=C1[C@H]2CCCC[C@H]2C(=O)N1C[NH+]1CC=C(c2ccccc2)CC1. The molecule has 3 aliphatic rings. The molecule has 126 valence electrons. The molecular formula is C20H25N2O2+. The van der Waals surface area contributed by atoms with Gasteiger partial charge in [0.25, 0.3) is 0 Å². The summed E-state index contributed by atoms with van der Waals surface area (Å²) in [6, 6.07) is 10.5. The smallest absolute Gasteiger partial charge is 0.237 e. The van der Waals surface area contributed by atoms with Crippen LogP contribution >= 0.6 is 0 Å². The van der Waals surface area contributed by atoms with Crippen molar-refractivity contribution in [1.29, 1.82) is 0 Å². The summed E-state index contributed by atoms with van der Waals surface area (Å²) in [4.78, 5) is 28.1. The Morgan fingerprint density at radius 2 is 1.67 bits per heavy atom. The molecular weight excluding hydrogens is 300 g/mol. The van der Waals surface area contributed by atoms with Crippen LogP contribution in [0.2, 0.25) is 0 Å². The Balaban J connectivity index is 1.41. The highest BCUT2D eigenvalue weighted by molar-refractivity contribution is 6.05. The number of hydrogen-bond acceptors (Lipinski definition) is 2. The van der Waals surface area contributed by atoms with E-state index in [0.29, 0.717) is 6.67 Å². The fraction of sp³-hybridized carbons (Fsp3) is 0.500. The zero-order valence-electron chi connectivity index (χ0n) is 14.0. The van der Waals surface area contributed by atoms with Gasteiger partial charge >= 0.3 is 0 Å². The Bertz CT molecular complexity index is 643. The molecule has 2 aliphatic heterocycles. The van der Waals surface area contributed by atoms with Crippen molar-refractivity contribution < 1.29 is 14.5 Å². The Kier molecular flexibility index (Phi) is 4.23. The van der Waals surface area contributed by atoms with Gasteiger partial charge in [-0.1, -0.05) is 43.2 Å². The van der Waals surface area contributed by atoms with Gasteiger partial charge in [-0.3, -0.25) is 9.59 Å². The number of imide groups is 1. The standard InChI is InChI=1S/C20H24N2O2/c23-19-17-8-4-5-9-18(17)20(24)22(19)14-21-12-10-16(11-13-21)15-6-2-1-3-7-15/h1-3,6-7,10,17-18H,4-5,8-9,11-14H2/p+1/t17-,18+. The number of likely N-dealkylation sites (tertiary alicyclic amines) is 1. The summed E-state index contributed by atoms with van der Waals surface area (Å²) in [5.41, 5.74) is 2.67. The molecule has 1 unspecified atom stereocenters. The average molecular weight is 325 g/mol. The van der Waals surface area contributed by atoms with Gasteiger partial charge in [-0.15, -0.1) is 0 Å². The number of quaternary nitrogens is 1. The lowest BCUT2D eigenvalue weighted by atomic mass is 9.81. The minimum atomic E-state index is -0.0223. The molecule has 1 saturated carbocycles. The van der Waals surface area contributed by atoms with Crippen LogP contribution < -0.4 is 4.90 Å². The lowest BCUT2D eigenvalue weighted by Gasteiger charge is -2.27. The van der Waals surface area contributed by atoms with Crippen LogP contribution in [-0.4, -0.2) is 36.5 Å². The molecule has 1 N–H and O–H groups in total. The molecule has 1 aliphatic carbocycles. The molecule has 2 heterocycles. The summed E-state index contributed by atoms with van der Waals surface area (Å²) < 4.78 is 0. The number of benzene rings is 1. The quantitative estimate of drug-likeness (QED) is 0.856. The zero-order chi connectivity index (χ0) is 16.5. The van der Waals surface area contributed by atoms with Crippen molar-refractivity contribution >= 4 is 17.4 Å². The van der Waals surface area contributed by atoms with Crippen molar-refractivity contribution in [3.8, 4) is 0 Å². The van der Waals surface area contributed by atoms with E-state index in [9.17, 15) is 9.59 Å². The number of fused-ring (bicyclic) bond motifs is 1. The summed E-state index contributed by atoms with van der Waals surface area (Å²) in [6.45, 7) is 2.41. The normalized spacial score (nSPS) is 30.2. The first kappa shape index (κ1) is 15.6. The van der Waals surface area contributed by atoms with E-state index in [1.54, 1.807) is 4.90 Å². The Morgan fingerprint density at radius 3 is 2.25 bits per heavy atom. The van der Waals surface area contributed by atoms with E-state index in [1.807, 2.05) is 6.07 Å². The summed E-state index contributed by atoms with van der Waals surface area (Å²) in [7, 11) is 0. The maximum Gasteiger partial charge on any atom is 0.237 e. The maximum atomic E-state index is 12.6. The molecule has 1 aromatic carbocycles. The second-order valence-electron chi connectivity index (χ2n) is 7.31. The van der Waals surface area contributed by atoms with Crippen molar-refractivity contribution in [2.24, 2.45) is 11.8 Å². The van der Waals surface area contributed by atoms with Crippen molar-refractivity contribution in [2.45, 2.75) is 32.1 Å². The number of nitrogens with zero attached hydrogens (tertiary/aromatic N) is 1. The minimum absolute atomic E-state index is 0.0223. The first-order valence-corrected chi connectivity index (χ1v) is 9.17. The maximum absolute atomic E-state index is 12.6. The van der Waals surface area contributed by atoms with E-state index in [4.69, 9.17) is 0 Å². The molecule has 0 bridgehead atoms. The number of amides is 2. The van der Waals surface area contributed by atoms with Gasteiger partial charge < -0.3 is 4.90 Å². The lowest BCUT2D eigenvalue weighted by molar-refractivity contribution is -0.902. The lowest BCUT2D eigenvalue weighted by Crippen LogP contribution is -3.14. The van der Waals surface area contributed by atoms with Gasteiger partial charge in [0.15, 0.2) is 6.67 Å². The Labute approximate surface area is 143 Å². The van der Waals surface area contributed by atoms with E-state index in [-0.39, 0.29) is 23.7 Å². The third kappa shape index (κ3) is 2.80.